The molecule has 0 saturated carbocycles. The number of hydrogen-bond donors (Lipinski definition) is 1. The molecule has 1 aromatic rings. The van der Waals surface area contributed by atoms with Gasteiger partial charge in [-0.25, -0.2) is 0 Å². The van der Waals surface area contributed by atoms with Crippen molar-refractivity contribution in [1.29, 1.82) is 0 Å². The first-order chi connectivity index (χ1) is 8.17. The van der Waals surface area contributed by atoms with Crippen LogP contribution in [0.1, 0.15) is 18.0 Å². The van der Waals surface area contributed by atoms with Gasteiger partial charge >= 0.3 is 0 Å². The summed E-state index contributed by atoms with van der Waals surface area (Å²) in [4.78, 5) is 2.34. The van der Waals surface area contributed by atoms with Crippen LogP contribution in [0.4, 0.5) is 0 Å². The molecule has 1 aliphatic rings. The highest BCUT2D eigenvalue weighted by atomic mass is 35.5. The van der Waals surface area contributed by atoms with Gasteiger partial charge in [0.05, 0.1) is 12.1 Å². The Hall–Kier alpha value is -0.770. The summed E-state index contributed by atoms with van der Waals surface area (Å²) < 4.78 is 5.17. The van der Waals surface area contributed by atoms with Crippen LogP contribution in [0.2, 0.25) is 5.02 Å². The minimum Gasteiger partial charge on any atom is -0.495 e. The monoisotopic (exact) mass is 254 g/mol. The molecule has 0 amide bonds. The predicted molar refractivity (Wildman–Crippen MR) is 70.5 cm³/mol. The molecule has 0 bridgehead atoms. The van der Waals surface area contributed by atoms with Crippen LogP contribution in [0.15, 0.2) is 18.2 Å². The van der Waals surface area contributed by atoms with Crippen molar-refractivity contribution in [3.8, 4) is 5.75 Å². The third kappa shape index (κ3) is 2.41. The van der Waals surface area contributed by atoms with Gasteiger partial charge < -0.3 is 10.5 Å². The van der Waals surface area contributed by atoms with E-state index in [1.165, 1.54) is 5.56 Å². The summed E-state index contributed by atoms with van der Waals surface area (Å²) in [6.45, 7) is 1.81. The van der Waals surface area contributed by atoms with Crippen LogP contribution in [0, 0.1) is 5.92 Å². The van der Waals surface area contributed by atoms with Crippen LogP contribution in [0.5, 0.6) is 5.75 Å². The molecule has 1 saturated heterocycles. The van der Waals surface area contributed by atoms with E-state index in [-0.39, 0.29) is 0 Å². The number of halogens is 1. The summed E-state index contributed by atoms with van der Waals surface area (Å²) in [6.07, 6.45) is 1.15. The molecule has 4 heteroatoms. The summed E-state index contributed by atoms with van der Waals surface area (Å²) >= 11 is 6.17. The molecule has 2 unspecified atom stereocenters. The van der Waals surface area contributed by atoms with E-state index < -0.39 is 0 Å². The highest BCUT2D eigenvalue weighted by molar-refractivity contribution is 6.32. The Kier molecular flexibility index (Phi) is 3.92. The number of likely N-dealkylation sites (tertiary alicyclic amines) is 1. The number of rotatable bonds is 3. The second-order valence-corrected chi connectivity index (χ2v) is 5.01. The van der Waals surface area contributed by atoms with E-state index >= 15 is 0 Å². The van der Waals surface area contributed by atoms with Crippen molar-refractivity contribution in [3.63, 3.8) is 0 Å². The highest BCUT2D eigenvalue weighted by Gasteiger charge is 2.32. The van der Waals surface area contributed by atoms with Crippen LogP contribution in [0.3, 0.4) is 0 Å². The SMILES string of the molecule is COc1ccc(C2C(CN)CCN2C)cc1Cl. The first-order valence-corrected chi connectivity index (χ1v) is 6.29. The van der Waals surface area contributed by atoms with E-state index in [0.717, 1.165) is 25.3 Å². The fourth-order valence-electron chi connectivity index (χ4n) is 2.67. The Morgan fingerprint density at radius 3 is 2.88 bits per heavy atom. The largest absolute Gasteiger partial charge is 0.495 e. The van der Waals surface area contributed by atoms with Crippen molar-refractivity contribution in [2.75, 3.05) is 27.2 Å². The van der Waals surface area contributed by atoms with Gasteiger partial charge in [0.15, 0.2) is 0 Å². The lowest BCUT2D eigenvalue weighted by molar-refractivity contribution is 0.279. The van der Waals surface area contributed by atoms with Gasteiger partial charge in [0.1, 0.15) is 5.75 Å². The lowest BCUT2D eigenvalue weighted by atomic mass is 9.94. The van der Waals surface area contributed by atoms with Crippen molar-refractivity contribution in [2.24, 2.45) is 11.7 Å². The van der Waals surface area contributed by atoms with Gasteiger partial charge in [-0.1, -0.05) is 17.7 Å². The van der Waals surface area contributed by atoms with E-state index in [1.807, 2.05) is 12.1 Å². The molecule has 94 valence electrons. The zero-order valence-corrected chi connectivity index (χ0v) is 11.1. The second-order valence-electron chi connectivity index (χ2n) is 4.60. The van der Waals surface area contributed by atoms with Crippen molar-refractivity contribution >= 4 is 11.6 Å². The number of hydrogen-bond acceptors (Lipinski definition) is 3. The van der Waals surface area contributed by atoms with Crippen LogP contribution in [0.25, 0.3) is 0 Å². The van der Waals surface area contributed by atoms with Gasteiger partial charge in [-0.3, -0.25) is 4.90 Å². The van der Waals surface area contributed by atoms with Crippen molar-refractivity contribution < 1.29 is 4.74 Å². The fraction of sp³-hybridized carbons (Fsp3) is 0.538. The molecule has 0 radical (unpaired) electrons. The molecule has 2 atom stereocenters. The molecule has 0 spiro atoms. The molecule has 0 aromatic heterocycles. The van der Waals surface area contributed by atoms with E-state index in [4.69, 9.17) is 22.1 Å². The Balaban J connectivity index is 2.29. The lowest BCUT2D eigenvalue weighted by Gasteiger charge is -2.25. The average Bonchev–Trinajstić information content (AvgIpc) is 2.70. The Morgan fingerprint density at radius 2 is 2.29 bits per heavy atom. The Bertz CT molecular complexity index is 397. The van der Waals surface area contributed by atoms with Gasteiger partial charge in [0, 0.05) is 6.04 Å². The van der Waals surface area contributed by atoms with Crippen LogP contribution >= 0.6 is 11.6 Å². The summed E-state index contributed by atoms with van der Waals surface area (Å²) in [5, 5.41) is 0.668. The smallest absolute Gasteiger partial charge is 0.137 e. The first-order valence-electron chi connectivity index (χ1n) is 5.91. The Labute approximate surface area is 107 Å². The molecule has 2 N–H and O–H groups in total. The number of methoxy groups -OCH3 is 1. The van der Waals surface area contributed by atoms with Crippen LogP contribution in [-0.2, 0) is 0 Å². The third-order valence-corrected chi connectivity index (χ3v) is 3.89. The number of ether oxygens (including phenoxy) is 1. The maximum atomic E-state index is 6.17. The van der Waals surface area contributed by atoms with Gasteiger partial charge in [-0.2, -0.15) is 0 Å². The lowest BCUT2D eigenvalue weighted by Crippen LogP contribution is -2.25. The van der Waals surface area contributed by atoms with Crippen LogP contribution < -0.4 is 10.5 Å². The maximum Gasteiger partial charge on any atom is 0.137 e. The van der Waals surface area contributed by atoms with Gasteiger partial charge in [-0.15, -0.1) is 0 Å². The van der Waals surface area contributed by atoms with Crippen molar-refractivity contribution in [3.05, 3.63) is 28.8 Å². The summed E-state index contributed by atoms with van der Waals surface area (Å²) in [5.41, 5.74) is 7.06. The molecule has 1 aromatic carbocycles. The van der Waals surface area contributed by atoms with Crippen molar-refractivity contribution in [1.82, 2.24) is 4.90 Å². The van der Waals surface area contributed by atoms with Crippen molar-refractivity contribution in [2.45, 2.75) is 12.5 Å². The van der Waals surface area contributed by atoms with Gasteiger partial charge in [0.2, 0.25) is 0 Å². The normalized spacial score (nSPS) is 25.2. The summed E-state index contributed by atoms with van der Waals surface area (Å²) in [5.74, 6) is 1.24. The Morgan fingerprint density at radius 1 is 1.53 bits per heavy atom. The molecule has 1 fully saturated rings. The highest BCUT2D eigenvalue weighted by Crippen LogP contribution is 2.38. The van der Waals surface area contributed by atoms with Crippen LogP contribution in [-0.4, -0.2) is 32.1 Å². The number of benzene rings is 1. The molecule has 2 rings (SSSR count). The minimum absolute atomic E-state index is 0.378. The summed E-state index contributed by atoms with van der Waals surface area (Å²) in [7, 11) is 3.77. The zero-order chi connectivity index (χ0) is 12.4. The molecular formula is C13H19ClN2O. The first kappa shape index (κ1) is 12.7. The molecule has 3 nitrogen and oxygen atoms in total. The standard InChI is InChI=1S/C13H19ClN2O/c1-16-6-5-10(8-15)13(16)9-3-4-12(17-2)11(14)7-9/h3-4,7,10,13H,5-6,8,15H2,1-2H3. The average molecular weight is 255 g/mol. The molecule has 1 heterocycles. The van der Waals surface area contributed by atoms with Gasteiger partial charge in [-0.05, 0) is 50.2 Å². The quantitative estimate of drug-likeness (QED) is 0.900. The van der Waals surface area contributed by atoms with E-state index in [0.29, 0.717) is 17.0 Å². The predicted octanol–water partition coefficient (Wildman–Crippen LogP) is 2.30. The zero-order valence-electron chi connectivity index (χ0n) is 10.3. The third-order valence-electron chi connectivity index (χ3n) is 3.59. The van der Waals surface area contributed by atoms with Gasteiger partial charge in [0.25, 0.3) is 0 Å². The fourth-order valence-corrected chi connectivity index (χ4v) is 2.93. The maximum absolute atomic E-state index is 6.17. The number of nitrogens with two attached hydrogens (primary N) is 1. The topological polar surface area (TPSA) is 38.5 Å². The summed E-state index contributed by atoms with van der Waals surface area (Å²) in [6, 6.07) is 6.38. The van der Waals surface area contributed by atoms with E-state index in [9.17, 15) is 0 Å². The molecule has 1 aliphatic heterocycles. The van der Waals surface area contributed by atoms with E-state index in [2.05, 4.69) is 18.0 Å². The molecule has 17 heavy (non-hydrogen) atoms. The second kappa shape index (κ2) is 5.25. The molecule has 0 aliphatic carbocycles. The minimum atomic E-state index is 0.378. The van der Waals surface area contributed by atoms with E-state index in [1.54, 1.807) is 7.11 Å². The molecular weight excluding hydrogens is 236 g/mol. The number of nitrogens with zero attached hydrogens (tertiary/aromatic N) is 1.